The summed E-state index contributed by atoms with van der Waals surface area (Å²) in [5.41, 5.74) is 6.39. The van der Waals surface area contributed by atoms with Crippen molar-refractivity contribution in [2.45, 2.75) is 0 Å². The number of hydrogen-bond donors (Lipinski definition) is 2. The van der Waals surface area contributed by atoms with E-state index in [-0.39, 0.29) is 11.5 Å². The van der Waals surface area contributed by atoms with E-state index >= 15 is 0 Å². The van der Waals surface area contributed by atoms with Crippen LogP contribution in [0.15, 0.2) is 36.0 Å². The molecule has 0 bridgehead atoms. The molecule has 1 heterocycles. The molecule has 1 amide bonds. The Hall–Kier alpha value is -2.07. The minimum Gasteiger partial charge on any atom is -0.360 e. The average molecular weight is 334 g/mol. The van der Waals surface area contributed by atoms with Crippen LogP contribution in [0, 0.1) is 11.3 Å². The lowest BCUT2D eigenvalue weighted by atomic mass is 10.2. The van der Waals surface area contributed by atoms with Crippen LogP contribution < -0.4 is 11.1 Å². The number of carbonyl (C=O) groups excluding carboxylic acids is 1. The van der Waals surface area contributed by atoms with Gasteiger partial charge in [-0.2, -0.15) is 5.26 Å². The van der Waals surface area contributed by atoms with Crippen LogP contribution in [0.5, 0.6) is 0 Å². The Morgan fingerprint density at radius 1 is 1.30 bits per heavy atom. The molecule has 1 saturated heterocycles. The summed E-state index contributed by atoms with van der Waals surface area (Å²) in [4.78, 5) is 16.3. The van der Waals surface area contributed by atoms with Crippen LogP contribution in [-0.4, -0.2) is 55.0 Å². The maximum absolute atomic E-state index is 12.4. The fourth-order valence-corrected chi connectivity index (χ4v) is 2.50. The third-order valence-corrected chi connectivity index (χ3v) is 3.94. The molecule has 0 saturated carbocycles. The van der Waals surface area contributed by atoms with Crippen LogP contribution in [0.3, 0.4) is 0 Å². The second-order valence-corrected chi connectivity index (χ2v) is 5.68. The molecule has 1 fully saturated rings. The van der Waals surface area contributed by atoms with Crippen LogP contribution in [0.2, 0.25) is 5.02 Å². The molecule has 1 aromatic rings. The zero-order valence-corrected chi connectivity index (χ0v) is 13.6. The van der Waals surface area contributed by atoms with Crippen LogP contribution in [0.1, 0.15) is 0 Å². The molecule has 2 rings (SSSR count). The van der Waals surface area contributed by atoms with Gasteiger partial charge in [-0.1, -0.05) is 11.6 Å². The van der Waals surface area contributed by atoms with Crippen molar-refractivity contribution in [3.63, 3.8) is 0 Å². The molecule has 1 aliphatic heterocycles. The van der Waals surface area contributed by atoms with Crippen molar-refractivity contribution in [3.05, 3.63) is 41.1 Å². The largest absolute Gasteiger partial charge is 0.360 e. The van der Waals surface area contributed by atoms with Crippen molar-refractivity contribution in [2.24, 2.45) is 5.73 Å². The Kier molecular flexibility index (Phi) is 6.41. The molecule has 0 aromatic heterocycles. The zero-order valence-electron chi connectivity index (χ0n) is 12.8. The predicted molar refractivity (Wildman–Crippen MR) is 90.8 cm³/mol. The highest BCUT2D eigenvalue weighted by Crippen LogP contribution is 2.14. The Morgan fingerprint density at radius 3 is 2.52 bits per heavy atom. The number of anilines is 1. The number of piperazine rings is 1. The van der Waals surface area contributed by atoms with Gasteiger partial charge in [-0.25, -0.2) is 0 Å². The summed E-state index contributed by atoms with van der Waals surface area (Å²) in [6.45, 7) is 4.24. The Bertz CT molecular complexity index is 600. The number of halogens is 1. The first-order valence-corrected chi connectivity index (χ1v) is 7.86. The number of nitrogens with one attached hydrogen (secondary N) is 1. The van der Waals surface area contributed by atoms with E-state index in [1.807, 2.05) is 6.07 Å². The van der Waals surface area contributed by atoms with E-state index in [9.17, 15) is 10.1 Å². The van der Waals surface area contributed by atoms with Crippen molar-refractivity contribution in [1.29, 1.82) is 5.26 Å². The van der Waals surface area contributed by atoms with E-state index in [2.05, 4.69) is 10.2 Å². The average Bonchev–Trinajstić information content (AvgIpc) is 2.58. The van der Waals surface area contributed by atoms with E-state index in [0.29, 0.717) is 24.7 Å². The molecule has 0 spiro atoms. The van der Waals surface area contributed by atoms with Gasteiger partial charge < -0.3 is 16.0 Å². The van der Waals surface area contributed by atoms with Gasteiger partial charge in [0.25, 0.3) is 5.91 Å². The summed E-state index contributed by atoms with van der Waals surface area (Å²) in [6.07, 6.45) is 1.44. The van der Waals surface area contributed by atoms with Crippen molar-refractivity contribution in [3.8, 4) is 6.07 Å². The minimum atomic E-state index is -0.249. The van der Waals surface area contributed by atoms with E-state index < -0.39 is 0 Å². The highest BCUT2D eigenvalue weighted by molar-refractivity contribution is 6.30. The monoisotopic (exact) mass is 333 g/mol. The summed E-state index contributed by atoms with van der Waals surface area (Å²) >= 11 is 5.82. The number of benzene rings is 1. The van der Waals surface area contributed by atoms with E-state index in [0.717, 1.165) is 25.3 Å². The third-order valence-electron chi connectivity index (χ3n) is 3.68. The highest BCUT2D eigenvalue weighted by atomic mass is 35.5. The van der Waals surface area contributed by atoms with Crippen LogP contribution in [0.4, 0.5) is 5.69 Å². The van der Waals surface area contributed by atoms with Crippen molar-refractivity contribution >= 4 is 23.2 Å². The van der Waals surface area contributed by atoms with Gasteiger partial charge in [-0.05, 0) is 24.3 Å². The molecular weight excluding hydrogens is 314 g/mol. The number of carbonyl (C=O) groups is 1. The lowest BCUT2D eigenvalue weighted by molar-refractivity contribution is -0.128. The molecule has 122 valence electrons. The Morgan fingerprint density at radius 2 is 1.96 bits per heavy atom. The van der Waals surface area contributed by atoms with E-state index in [1.165, 1.54) is 6.20 Å². The van der Waals surface area contributed by atoms with Gasteiger partial charge >= 0.3 is 0 Å². The van der Waals surface area contributed by atoms with Crippen molar-refractivity contribution in [1.82, 2.24) is 9.80 Å². The Labute approximate surface area is 141 Å². The topological polar surface area (TPSA) is 85.4 Å². The van der Waals surface area contributed by atoms with Gasteiger partial charge in [0.2, 0.25) is 0 Å². The second kappa shape index (κ2) is 8.53. The van der Waals surface area contributed by atoms with Crippen molar-refractivity contribution in [2.75, 3.05) is 44.6 Å². The van der Waals surface area contributed by atoms with Crippen LogP contribution in [-0.2, 0) is 4.79 Å². The maximum Gasteiger partial charge on any atom is 0.266 e. The van der Waals surface area contributed by atoms with Crippen LogP contribution >= 0.6 is 11.6 Å². The molecular formula is C16H20ClN5O. The normalized spacial score (nSPS) is 16.0. The standard InChI is InChI=1S/C16H20ClN5O/c17-14-1-3-15(4-2-14)20-12-13(11-19)16(23)22-9-7-21(6-5-18)8-10-22/h1-4,12,20H,5-10,18H2/b13-12-. The molecule has 23 heavy (non-hydrogen) atoms. The number of amides is 1. The van der Waals surface area contributed by atoms with Gasteiger partial charge in [0.15, 0.2) is 0 Å². The van der Waals surface area contributed by atoms with Gasteiger partial charge in [-0.3, -0.25) is 9.69 Å². The quantitative estimate of drug-likeness (QED) is 0.626. The van der Waals surface area contributed by atoms with Gasteiger partial charge in [0.1, 0.15) is 11.6 Å². The summed E-state index contributed by atoms with van der Waals surface area (Å²) in [5, 5.41) is 12.8. The predicted octanol–water partition coefficient (Wildman–Crippen LogP) is 1.26. The summed E-state index contributed by atoms with van der Waals surface area (Å²) < 4.78 is 0. The molecule has 0 atom stereocenters. The number of nitriles is 1. The number of nitrogens with two attached hydrogens (primary N) is 1. The fourth-order valence-electron chi connectivity index (χ4n) is 2.37. The third kappa shape index (κ3) is 4.96. The summed E-state index contributed by atoms with van der Waals surface area (Å²) in [5.74, 6) is -0.249. The molecule has 3 N–H and O–H groups in total. The molecule has 6 nitrogen and oxygen atoms in total. The number of rotatable bonds is 5. The molecule has 1 aliphatic rings. The highest BCUT2D eigenvalue weighted by Gasteiger charge is 2.23. The van der Waals surface area contributed by atoms with E-state index in [1.54, 1.807) is 29.2 Å². The lowest BCUT2D eigenvalue weighted by Crippen LogP contribution is -2.50. The number of hydrogen-bond acceptors (Lipinski definition) is 5. The molecule has 0 radical (unpaired) electrons. The van der Waals surface area contributed by atoms with Crippen LogP contribution in [0.25, 0.3) is 0 Å². The SMILES string of the molecule is N#C/C(=C/Nc1ccc(Cl)cc1)C(=O)N1CCN(CCN)CC1. The summed E-state index contributed by atoms with van der Waals surface area (Å²) in [6, 6.07) is 9.00. The zero-order chi connectivity index (χ0) is 16.7. The first kappa shape index (κ1) is 17.3. The molecule has 0 aliphatic carbocycles. The molecule has 1 aromatic carbocycles. The maximum atomic E-state index is 12.4. The minimum absolute atomic E-state index is 0.0900. The van der Waals surface area contributed by atoms with Gasteiger partial charge in [-0.15, -0.1) is 0 Å². The second-order valence-electron chi connectivity index (χ2n) is 5.24. The molecule has 0 unspecified atom stereocenters. The lowest BCUT2D eigenvalue weighted by Gasteiger charge is -2.34. The smallest absolute Gasteiger partial charge is 0.266 e. The van der Waals surface area contributed by atoms with E-state index in [4.69, 9.17) is 17.3 Å². The molecule has 7 heteroatoms. The Balaban J connectivity index is 1.95. The number of nitrogens with zero attached hydrogens (tertiary/aromatic N) is 3. The first-order chi connectivity index (χ1) is 11.1. The van der Waals surface area contributed by atoms with Gasteiger partial charge in [0, 0.05) is 56.2 Å². The van der Waals surface area contributed by atoms with Gasteiger partial charge in [0.05, 0.1) is 0 Å². The first-order valence-electron chi connectivity index (χ1n) is 7.48. The van der Waals surface area contributed by atoms with Crippen molar-refractivity contribution < 1.29 is 4.79 Å². The fraction of sp³-hybridized carbons (Fsp3) is 0.375. The summed E-state index contributed by atoms with van der Waals surface area (Å²) in [7, 11) is 0.